The third kappa shape index (κ3) is 5.05. The van der Waals surface area contributed by atoms with Crippen molar-refractivity contribution in [1.29, 1.82) is 0 Å². The van der Waals surface area contributed by atoms with Crippen LogP contribution in [0.25, 0.3) is 0 Å². The summed E-state index contributed by atoms with van der Waals surface area (Å²) in [5.41, 5.74) is 6.52. The lowest BCUT2D eigenvalue weighted by atomic mass is 10.2. The number of halogens is 3. The van der Waals surface area contributed by atoms with Crippen molar-refractivity contribution in [2.24, 2.45) is 0 Å². The minimum Gasteiger partial charge on any atom is -0.398 e. The highest BCUT2D eigenvalue weighted by Crippen LogP contribution is 2.16. The van der Waals surface area contributed by atoms with Crippen LogP contribution in [0, 0.1) is 0 Å². The number of benzene rings is 1. The molecule has 0 fully saturated rings. The lowest BCUT2D eigenvalue weighted by molar-refractivity contribution is -0.121. The molecule has 0 bridgehead atoms. The molecule has 9 heteroatoms. The Morgan fingerprint density at radius 2 is 1.89 bits per heavy atom. The Morgan fingerprint density at radius 1 is 1.32 bits per heavy atom. The summed E-state index contributed by atoms with van der Waals surface area (Å²) in [7, 11) is -3.03. The van der Waals surface area contributed by atoms with E-state index in [1.54, 1.807) is 24.3 Å². The van der Waals surface area contributed by atoms with Crippen molar-refractivity contribution < 1.29 is 21.6 Å². The van der Waals surface area contributed by atoms with E-state index < -0.39 is 22.9 Å². The van der Waals surface area contributed by atoms with Crippen LogP contribution in [0.3, 0.4) is 0 Å². The molecular weight excluding hydrogens is 283 g/mol. The molecular formula is C10H14F3N3O2S. The Labute approximate surface area is 109 Å². The number of hydrogen-bond acceptors (Lipinski definition) is 3. The molecule has 1 aromatic rings. The molecule has 0 aromatic heterocycles. The lowest BCUT2D eigenvalue weighted by Gasteiger charge is -2.19. The lowest BCUT2D eigenvalue weighted by Crippen LogP contribution is -2.42. The van der Waals surface area contributed by atoms with Gasteiger partial charge in [-0.15, -0.1) is 0 Å². The van der Waals surface area contributed by atoms with Crippen LogP contribution in [-0.2, 0) is 16.8 Å². The van der Waals surface area contributed by atoms with Crippen molar-refractivity contribution in [3.05, 3.63) is 29.8 Å². The van der Waals surface area contributed by atoms with Crippen LogP contribution in [0.1, 0.15) is 5.56 Å². The van der Waals surface area contributed by atoms with E-state index in [1.807, 2.05) is 0 Å². The molecule has 0 spiro atoms. The molecule has 1 rings (SSSR count). The van der Waals surface area contributed by atoms with Crippen molar-refractivity contribution in [3.8, 4) is 0 Å². The summed E-state index contributed by atoms with van der Waals surface area (Å²) in [5, 5.41) is 0. The van der Waals surface area contributed by atoms with Crippen molar-refractivity contribution >= 4 is 15.9 Å². The van der Waals surface area contributed by atoms with E-state index in [0.29, 0.717) is 11.3 Å². The summed E-state index contributed by atoms with van der Waals surface area (Å²) < 4.78 is 61.3. The van der Waals surface area contributed by atoms with Gasteiger partial charge in [0.15, 0.2) is 0 Å². The van der Waals surface area contributed by atoms with Crippen LogP contribution in [0.4, 0.5) is 18.9 Å². The fraction of sp³-hybridized carbons (Fsp3) is 0.400. The summed E-state index contributed by atoms with van der Waals surface area (Å²) in [5.74, 6) is 0. The molecule has 19 heavy (non-hydrogen) atoms. The summed E-state index contributed by atoms with van der Waals surface area (Å²) in [6.07, 6.45) is -4.60. The number of rotatable bonds is 5. The first-order chi connectivity index (χ1) is 8.62. The zero-order valence-corrected chi connectivity index (χ0v) is 10.9. The van der Waals surface area contributed by atoms with E-state index in [2.05, 4.69) is 0 Å². The minimum absolute atomic E-state index is 0.111. The van der Waals surface area contributed by atoms with Crippen molar-refractivity contribution in [2.45, 2.75) is 12.7 Å². The largest absolute Gasteiger partial charge is 0.402 e. The van der Waals surface area contributed by atoms with Gasteiger partial charge in [0.25, 0.3) is 10.2 Å². The SMILES string of the molecule is CN(Cc1ccccc1N)S(=O)(=O)NCC(F)(F)F. The Bertz CT molecular complexity index is 531. The van der Waals surface area contributed by atoms with Gasteiger partial charge in [-0.1, -0.05) is 18.2 Å². The zero-order valence-electron chi connectivity index (χ0n) is 10.1. The predicted octanol–water partition coefficient (Wildman–Crippen LogP) is 1.10. The summed E-state index contributed by atoms with van der Waals surface area (Å²) in [4.78, 5) is 0. The Hall–Kier alpha value is -1.32. The molecule has 0 aliphatic heterocycles. The van der Waals surface area contributed by atoms with Crippen molar-refractivity contribution in [3.63, 3.8) is 0 Å². The van der Waals surface area contributed by atoms with Gasteiger partial charge in [0, 0.05) is 19.3 Å². The number of alkyl halides is 3. The number of nitrogens with one attached hydrogen (secondary N) is 1. The van der Waals surface area contributed by atoms with Gasteiger partial charge >= 0.3 is 6.18 Å². The van der Waals surface area contributed by atoms with Gasteiger partial charge in [-0.2, -0.15) is 30.6 Å². The number of hydrogen-bond donors (Lipinski definition) is 2. The third-order valence-electron chi connectivity index (χ3n) is 2.31. The standard InChI is InChI=1S/C10H14F3N3O2S/c1-16(6-8-4-2-3-5-9(8)14)19(17,18)15-7-10(11,12)13/h2-5,15H,6-7,14H2,1H3. The Balaban J connectivity index is 2.72. The normalized spacial score (nSPS) is 12.9. The number of nitrogens with two attached hydrogens (primary N) is 1. The maximum atomic E-state index is 12.0. The van der Waals surface area contributed by atoms with E-state index >= 15 is 0 Å². The second-order valence-electron chi connectivity index (χ2n) is 3.90. The third-order valence-corrected chi connectivity index (χ3v) is 3.77. The number of para-hydroxylation sites is 1. The van der Waals surface area contributed by atoms with E-state index in [9.17, 15) is 21.6 Å². The first-order valence-electron chi connectivity index (χ1n) is 5.23. The van der Waals surface area contributed by atoms with Crippen molar-refractivity contribution in [1.82, 2.24) is 9.03 Å². The smallest absolute Gasteiger partial charge is 0.398 e. The maximum Gasteiger partial charge on any atom is 0.402 e. The van der Waals surface area contributed by atoms with Crippen molar-refractivity contribution in [2.75, 3.05) is 19.3 Å². The van der Waals surface area contributed by atoms with E-state index in [4.69, 9.17) is 5.73 Å². The van der Waals surface area contributed by atoms with Gasteiger partial charge in [-0.3, -0.25) is 0 Å². The quantitative estimate of drug-likeness (QED) is 0.799. The predicted molar refractivity (Wildman–Crippen MR) is 65.3 cm³/mol. The molecule has 0 atom stereocenters. The van der Waals surface area contributed by atoms with Crippen LogP contribution >= 0.6 is 0 Å². The van der Waals surface area contributed by atoms with Crippen LogP contribution < -0.4 is 10.5 Å². The highest BCUT2D eigenvalue weighted by molar-refractivity contribution is 7.87. The fourth-order valence-electron chi connectivity index (χ4n) is 1.29. The number of anilines is 1. The molecule has 0 amide bonds. The fourth-order valence-corrected chi connectivity index (χ4v) is 2.16. The average molecular weight is 297 g/mol. The molecule has 1 aromatic carbocycles. The molecule has 0 saturated carbocycles. The molecule has 0 aliphatic carbocycles. The van der Waals surface area contributed by atoms with Crippen LogP contribution in [0.2, 0.25) is 0 Å². The molecule has 0 aliphatic rings. The highest BCUT2D eigenvalue weighted by atomic mass is 32.2. The van der Waals surface area contributed by atoms with E-state index in [-0.39, 0.29) is 6.54 Å². The van der Waals surface area contributed by atoms with Gasteiger partial charge in [-0.25, -0.2) is 0 Å². The maximum absolute atomic E-state index is 12.0. The van der Waals surface area contributed by atoms with Gasteiger partial charge in [0.2, 0.25) is 0 Å². The molecule has 0 radical (unpaired) electrons. The Morgan fingerprint density at radius 3 is 2.42 bits per heavy atom. The van der Waals surface area contributed by atoms with Gasteiger partial charge in [-0.05, 0) is 11.6 Å². The molecule has 0 unspecified atom stereocenters. The van der Waals surface area contributed by atoms with Crippen LogP contribution in [0.15, 0.2) is 24.3 Å². The summed E-state index contributed by atoms with van der Waals surface area (Å²) >= 11 is 0. The monoisotopic (exact) mass is 297 g/mol. The second-order valence-corrected chi connectivity index (χ2v) is 5.76. The van der Waals surface area contributed by atoms with E-state index in [1.165, 1.54) is 11.8 Å². The second kappa shape index (κ2) is 5.76. The van der Waals surface area contributed by atoms with Gasteiger partial charge < -0.3 is 5.73 Å². The van der Waals surface area contributed by atoms with Gasteiger partial charge in [0.1, 0.15) is 6.54 Å². The topological polar surface area (TPSA) is 75.4 Å². The first kappa shape index (κ1) is 15.7. The van der Waals surface area contributed by atoms with Crippen LogP contribution in [-0.4, -0.2) is 32.5 Å². The Kier molecular flexibility index (Phi) is 4.77. The number of nitrogens with zero attached hydrogens (tertiary/aromatic N) is 1. The average Bonchev–Trinajstić information content (AvgIpc) is 2.29. The molecule has 0 saturated heterocycles. The van der Waals surface area contributed by atoms with Crippen LogP contribution in [0.5, 0.6) is 0 Å². The molecule has 0 heterocycles. The first-order valence-corrected chi connectivity index (χ1v) is 6.67. The molecule has 3 N–H and O–H groups in total. The van der Waals surface area contributed by atoms with Gasteiger partial charge in [0.05, 0.1) is 0 Å². The van der Waals surface area contributed by atoms with E-state index in [0.717, 1.165) is 4.31 Å². The zero-order chi connectivity index (χ0) is 14.7. The molecule has 5 nitrogen and oxygen atoms in total. The highest BCUT2D eigenvalue weighted by Gasteiger charge is 2.30. The molecule has 108 valence electrons. The summed E-state index contributed by atoms with van der Waals surface area (Å²) in [6.45, 7) is -1.72. The number of nitrogen functional groups attached to an aromatic ring is 1. The summed E-state index contributed by atoms with van der Waals surface area (Å²) in [6, 6.07) is 6.52. The minimum atomic E-state index is -4.60.